The molecule has 1 fully saturated rings. The van der Waals surface area contributed by atoms with Gasteiger partial charge in [0.15, 0.2) is 5.96 Å². The standard InChI is InChI=1S/C15H23N5O2.HI/c1-2-16-15(19-11-3-4-12-19)18-10-9-17-13-5-7-14(8-6-13)20(21)22;/h5-8,17H,2-4,9-12H2,1H3,(H,16,18);1H. The summed E-state index contributed by atoms with van der Waals surface area (Å²) in [6, 6.07) is 6.43. The van der Waals surface area contributed by atoms with Crippen LogP contribution in [0.3, 0.4) is 0 Å². The molecule has 0 radical (unpaired) electrons. The number of anilines is 1. The van der Waals surface area contributed by atoms with Crippen LogP contribution in [0.5, 0.6) is 0 Å². The van der Waals surface area contributed by atoms with Crippen LogP contribution in [0.1, 0.15) is 19.8 Å². The van der Waals surface area contributed by atoms with Gasteiger partial charge >= 0.3 is 0 Å². The van der Waals surface area contributed by atoms with E-state index in [4.69, 9.17) is 0 Å². The van der Waals surface area contributed by atoms with Gasteiger partial charge in [-0.2, -0.15) is 0 Å². The van der Waals surface area contributed by atoms with Gasteiger partial charge < -0.3 is 15.5 Å². The second-order valence-electron chi connectivity index (χ2n) is 5.16. The highest BCUT2D eigenvalue weighted by molar-refractivity contribution is 14.0. The summed E-state index contributed by atoms with van der Waals surface area (Å²) in [5.41, 5.74) is 0.971. The Morgan fingerprint density at radius 2 is 1.96 bits per heavy atom. The van der Waals surface area contributed by atoms with Crippen LogP contribution >= 0.6 is 24.0 Å². The summed E-state index contributed by atoms with van der Waals surface area (Å²) < 4.78 is 0. The van der Waals surface area contributed by atoms with Gasteiger partial charge in [-0.25, -0.2) is 0 Å². The van der Waals surface area contributed by atoms with Crippen molar-refractivity contribution in [3.05, 3.63) is 34.4 Å². The summed E-state index contributed by atoms with van der Waals surface area (Å²) in [5, 5.41) is 17.1. The molecule has 1 saturated heterocycles. The average molecular weight is 433 g/mol. The lowest BCUT2D eigenvalue weighted by Gasteiger charge is -2.20. The molecule has 1 aliphatic heterocycles. The van der Waals surface area contributed by atoms with Gasteiger partial charge in [0.05, 0.1) is 11.5 Å². The summed E-state index contributed by atoms with van der Waals surface area (Å²) in [5.74, 6) is 0.977. The number of non-ortho nitro benzene ring substituents is 1. The van der Waals surface area contributed by atoms with Gasteiger partial charge in [-0.1, -0.05) is 0 Å². The molecule has 0 aromatic heterocycles. The van der Waals surface area contributed by atoms with Crippen LogP contribution in [0.25, 0.3) is 0 Å². The van der Waals surface area contributed by atoms with Crippen molar-refractivity contribution >= 4 is 41.3 Å². The van der Waals surface area contributed by atoms with Crippen LogP contribution < -0.4 is 10.6 Å². The van der Waals surface area contributed by atoms with Gasteiger partial charge in [-0.3, -0.25) is 15.1 Å². The van der Waals surface area contributed by atoms with Crippen LogP contribution in [0.15, 0.2) is 29.3 Å². The zero-order chi connectivity index (χ0) is 15.8. The number of nitrogens with one attached hydrogen (secondary N) is 2. The molecule has 1 aromatic rings. The van der Waals surface area contributed by atoms with E-state index in [9.17, 15) is 10.1 Å². The lowest BCUT2D eigenvalue weighted by Crippen LogP contribution is -2.39. The number of hydrogen-bond donors (Lipinski definition) is 2. The Balaban J connectivity index is 0.00000264. The van der Waals surface area contributed by atoms with E-state index < -0.39 is 4.92 Å². The first-order chi connectivity index (χ1) is 10.7. The van der Waals surface area contributed by atoms with E-state index >= 15 is 0 Å². The molecule has 7 nitrogen and oxygen atoms in total. The van der Waals surface area contributed by atoms with Crippen molar-refractivity contribution in [2.45, 2.75) is 19.8 Å². The molecule has 23 heavy (non-hydrogen) atoms. The summed E-state index contributed by atoms with van der Waals surface area (Å²) >= 11 is 0. The quantitative estimate of drug-likeness (QED) is 0.180. The second-order valence-corrected chi connectivity index (χ2v) is 5.16. The molecule has 1 heterocycles. The number of guanidine groups is 1. The normalized spacial score (nSPS) is 14.3. The molecule has 8 heteroatoms. The van der Waals surface area contributed by atoms with Gasteiger partial charge in [0.1, 0.15) is 0 Å². The van der Waals surface area contributed by atoms with Crippen molar-refractivity contribution in [3.63, 3.8) is 0 Å². The number of likely N-dealkylation sites (tertiary alicyclic amines) is 1. The maximum atomic E-state index is 10.6. The number of halogens is 1. The minimum absolute atomic E-state index is 0. The molecule has 0 spiro atoms. The molecule has 1 aliphatic rings. The summed E-state index contributed by atoms with van der Waals surface area (Å²) in [7, 11) is 0. The highest BCUT2D eigenvalue weighted by Crippen LogP contribution is 2.15. The number of aliphatic imine (C=N–C) groups is 1. The van der Waals surface area contributed by atoms with Crippen molar-refractivity contribution in [1.29, 1.82) is 0 Å². The Morgan fingerprint density at radius 1 is 1.30 bits per heavy atom. The highest BCUT2D eigenvalue weighted by atomic mass is 127. The monoisotopic (exact) mass is 433 g/mol. The van der Waals surface area contributed by atoms with E-state index in [2.05, 4.69) is 27.4 Å². The molecule has 0 atom stereocenters. The number of nitrogens with zero attached hydrogens (tertiary/aromatic N) is 3. The molecule has 1 aromatic carbocycles. The second kappa shape index (κ2) is 10.2. The smallest absolute Gasteiger partial charge is 0.269 e. The average Bonchev–Trinajstić information content (AvgIpc) is 3.05. The van der Waals surface area contributed by atoms with Crippen molar-refractivity contribution in [2.24, 2.45) is 4.99 Å². The van der Waals surface area contributed by atoms with Crippen LogP contribution in [0.4, 0.5) is 11.4 Å². The van der Waals surface area contributed by atoms with E-state index in [1.54, 1.807) is 12.1 Å². The number of nitro groups is 1. The Labute approximate surface area is 153 Å². The van der Waals surface area contributed by atoms with Gasteiger partial charge in [0.25, 0.3) is 5.69 Å². The Kier molecular flexibility index (Phi) is 8.67. The molecular weight excluding hydrogens is 409 g/mol. The molecule has 0 bridgehead atoms. The maximum Gasteiger partial charge on any atom is 0.269 e. The minimum atomic E-state index is -0.396. The van der Waals surface area contributed by atoms with Crippen LogP contribution in [-0.4, -0.2) is 48.5 Å². The molecule has 0 amide bonds. The Hall–Kier alpha value is -1.58. The molecule has 0 aliphatic carbocycles. The predicted octanol–water partition coefficient (Wildman–Crippen LogP) is 2.69. The lowest BCUT2D eigenvalue weighted by atomic mass is 10.3. The van der Waals surface area contributed by atoms with Crippen LogP contribution in [-0.2, 0) is 0 Å². The van der Waals surface area contributed by atoms with Gasteiger partial charge in [0, 0.05) is 44.0 Å². The minimum Gasteiger partial charge on any atom is -0.383 e. The first kappa shape index (κ1) is 19.5. The molecule has 2 rings (SSSR count). The third-order valence-corrected chi connectivity index (χ3v) is 3.52. The van der Waals surface area contributed by atoms with Gasteiger partial charge in [-0.05, 0) is 31.9 Å². The molecule has 0 saturated carbocycles. The largest absolute Gasteiger partial charge is 0.383 e. The number of rotatable bonds is 6. The number of nitro benzene ring substituents is 1. The van der Waals surface area contributed by atoms with Gasteiger partial charge in [-0.15, -0.1) is 24.0 Å². The molecule has 128 valence electrons. The third-order valence-electron chi connectivity index (χ3n) is 3.52. The maximum absolute atomic E-state index is 10.6. The van der Waals surface area contributed by atoms with Crippen LogP contribution in [0, 0.1) is 10.1 Å². The van der Waals surface area contributed by atoms with E-state index in [0.29, 0.717) is 13.1 Å². The first-order valence-corrected chi connectivity index (χ1v) is 7.72. The fourth-order valence-corrected chi connectivity index (χ4v) is 2.42. The van der Waals surface area contributed by atoms with Crippen molar-refractivity contribution < 1.29 is 4.92 Å². The first-order valence-electron chi connectivity index (χ1n) is 7.72. The van der Waals surface area contributed by atoms with Gasteiger partial charge in [0.2, 0.25) is 0 Å². The summed E-state index contributed by atoms with van der Waals surface area (Å²) in [6.45, 7) is 6.44. The lowest BCUT2D eigenvalue weighted by molar-refractivity contribution is -0.384. The van der Waals surface area contributed by atoms with E-state index in [1.165, 1.54) is 25.0 Å². The molecule has 2 N–H and O–H groups in total. The number of hydrogen-bond acceptors (Lipinski definition) is 4. The van der Waals surface area contributed by atoms with Crippen molar-refractivity contribution in [3.8, 4) is 0 Å². The van der Waals surface area contributed by atoms with Crippen molar-refractivity contribution in [2.75, 3.05) is 38.0 Å². The fourth-order valence-electron chi connectivity index (χ4n) is 2.42. The molecular formula is C15H24IN5O2. The zero-order valence-electron chi connectivity index (χ0n) is 13.3. The summed E-state index contributed by atoms with van der Waals surface area (Å²) in [4.78, 5) is 17.1. The fraction of sp³-hybridized carbons (Fsp3) is 0.533. The SMILES string of the molecule is CCNC(=NCCNc1ccc([N+](=O)[O-])cc1)N1CCCC1.I. The van der Waals surface area contributed by atoms with E-state index in [-0.39, 0.29) is 29.7 Å². The highest BCUT2D eigenvalue weighted by Gasteiger charge is 2.15. The predicted molar refractivity (Wildman–Crippen MR) is 104 cm³/mol. The third kappa shape index (κ3) is 6.20. The van der Waals surface area contributed by atoms with E-state index in [1.807, 2.05) is 0 Å². The van der Waals surface area contributed by atoms with Crippen LogP contribution in [0.2, 0.25) is 0 Å². The zero-order valence-corrected chi connectivity index (χ0v) is 15.7. The topological polar surface area (TPSA) is 82.8 Å². The summed E-state index contributed by atoms with van der Waals surface area (Å²) in [6.07, 6.45) is 2.46. The number of benzene rings is 1. The Bertz CT molecular complexity index is 515. The Morgan fingerprint density at radius 3 is 2.52 bits per heavy atom. The van der Waals surface area contributed by atoms with Crippen molar-refractivity contribution in [1.82, 2.24) is 10.2 Å². The molecule has 0 unspecified atom stereocenters. The van der Waals surface area contributed by atoms with E-state index in [0.717, 1.165) is 31.3 Å².